The Labute approximate surface area is 174 Å². The topological polar surface area (TPSA) is 82.0 Å². The van der Waals surface area contributed by atoms with Crippen molar-refractivity contribution >= 4 is 28.1 Å². The summed E-state index contributed by atoms with van der Waals surface area (Å²) in [6.07, 6.45) is 1.57. The van der Waals surface area contributed by atoms with Crippen LogP contribution < -0.4 is 4.18 Å². The largest absolute Gasteiger partial charge is 0.402 e. The second kappa shape index (κ2) is 7.96. The van der Waals surface area contributed by atoms with Crippen molar-refractivity contribution in [1.29, 1.82) is 0 Å². The molecule has 0 unspecified atom stereocenters. The highest BCUT2D eigenvalue weighted by Gasteiger charge is 2.24. The summed E-state index contributed by atoms with van der Waals surface area (Å²) >= 11 is 0. The van der Waals surface area contributed by atoms with Crippen LogP contribution in [0.4, 0.5) is 0 Å². The normalized spacial score (nSPS) is 15.0. The number of esters is 1. The lowest BCUT2D eigenvalue weighted by Gasteiger charge is -2.07. The Kier molecular flexibility index (Phi) is 5.20. The van der Waals surface area contributed by atoms with Gasteiger partial charge in [-0.05, 0) is 55.0 Å². The molecule has 0 fully saturated rings. The number of ether oxygens (including phenoxy) is 1. The monoisotopic (exact) mass is 419 g/mol. The minimum absolute atomic E-state index is 0.0721. The molecule has 4 rings (SSSR count). The first kappa shape index (κ1) is 19.6. The molecular weight excluding hydrogens is 402 g/mol. The molecule has 150 valence electrons. The van der Waals surface area contributed by atoms with Crippen LogP contribution in [-0.2, 0) is 19.6 Å². The van der Waals surface area contributed by atoms with Gasteiger partial charge in [0, 0.05) is 5.56 Å². The lowest BCUT2D eigenvalue weighted by atomic mass is 10.1. The van der Waals surface area contributed by atoms with Crippen LogP contribution in [0.15, 0.2) is 94.4 Å². The van der Waals surface area contributed by atoms with Gasteiger partial charge in [0.25, 0.3) is 0 Å². The maximum absolute atomic E-state index is 12.3. The maximum atomic E-state index is 12.3. The summed E-state index contributed by atoms with van der Waals surface area (Å²) in [5.41, 5.74) is 2.57. The van der Waals surface area contributed by atoms with Crippen LogP contribution in [0.2, 0.25) is 0 Å². The Morgan fingerprint density at radius 3 is 2.37 bits per heavy atom. The molecule has 7 heteroatoms. The van der Waals surface area contributed by atoms with Crippen LogP contribution in [0.1, 0.15) is 16.7 Å². The van der Waals surface area contributed by atoms with Gasteiger partial charge in [-0.1, -0.05) is 48.0 Å². The van der Waals surface area contributed by atoms with E-state index in [-0.39, 0.29) is 22.2 Å². The molecule has 0 radical (unpaired) electrons. The zero-order valence-electron chi connectivity index (χ0n) is 16.0. The predicted octanol–water partition coefficient (Wildman–Crippen LogP) is 4.11. The van der Waals surface area contributed by atoms with Crippen LogP contribution in [0.25, 0.3) is 6.08 Å². The zero-order chi connectivity index (χ0) is 21.1. The highest BCUT2D eigenvalue weighted by molar-refractivity contribution is 7.87. The summed E-state index contributed by atoms with van der Waals surface area (Å²) in [5, 5.41) is 0. The van der Waals surface area contributed by atoms with E-state index in [1.165, 1.54) is 24.3 Å². The van der Waals surface area contributed by atoms with E-state index in [9.17, 15) is 13.2 Å². The number of cyclic esters (lactones) is 1. The molecule has 0 N–H and O–H groups in total. The van der Waals surface area contributed by atoms with Crippen LogP contribution in [-0.4, -0.2) is 20.3 Å². The number of carbonyl (C=O) groups is 1. The molecule has 0 bridgehead atoms. The average molecular weight is 419 g/mol. The van der Waals surface area contributed by atoms with Gasteiger partial charge in [0.15, 0.2) is 5.70 Å². The quantitative estimate of drug-likeness (QED) is 0.353. The lowest BCUT2D eigenvalue weighted by molar-refractivity contribution is -0.129. The summed E-state index contributed by atoms with van der Waals surface area (Å²) in [4.78, 5) is 16.5. The number of carbonyl (C=O) groups excluding carboxylic acids is 1. The predicted molar refractivity (Wildman–Crippen MR) is 112 cm³/mol. The SMILES string of the molecule is Cc1cccc(C2=NC(=Cc3ccc(OS(=O)(=O)c4ccccc4)cc3)C(=O)O2)c1. The molecule has 0 spiro atoms. The van der Waals surface area contributed by atoms with E-state index in [1.807, 2.05) is 31.2 Å². The van der Waals surface area contributed by atoms with E-state index in [2.05, 4.69) is 4.99 Å². The highest BCUT2D eigenvalue weighted by atomic mass is 32.2. The fourth-order valence-corrected chi connectivity index (χ4v) is 3.80. The molecule has 0 aromatic heterocycles. The molecule has 0 saturated carbocycles. The first-order valence-electron chi connectivity index (χ1n) is 9.10. The fourth-order valence-electron chi connectivity index (χ4n) is 2.85. The third kappa shape index (κ3) is 4.31. The number of hydrogen-bond acceptors (Lipinski definition) is 6. The van der Waals surface area contributed by atoms with Crippen LogP contribution >= 0.6 is 0 Å². The highest BCUT2D eigenvalue weighted by Crippen LogP contribution is 2.23. The molecular formula is C23H17NO5S. The van der Waals surface area contributed by atoms with E-state index < -0.39 is 16.1 Å². The van der Waals surface area contributed by atoms with Crippen LogP contribution in [0.5, 0.6) is 5.75 Å². The molecule has 0 aliphatic carbocycles. The van der Waals surface area contributed by atoms with E-state index in [4.69, 9.17) is 8.92 Å². The van der Waals surface area contributed by atoms with Crippen molar-refractivity contribution in [1.82, 2.24) is 0 Å². The Bertz CT molecular complexity index is 1260. The summed E-state index contributed by atoms with van der Waals surface area (Å²) < 4.78 is 35.0. The summed E-state index contributed by atoms with van der Waals surface area (Å²) in [6.45, 7) is 1.94. The molecule has 3 aromatic rings. The minimum Gasteiger partial charge on any atom is -0.402 e. The van der Waals surface area contributed by atoms with Crippen molar-refractivity contribution in [3.05, 3.63) is 101 Å². The number of nitrogens with zero attached hydrogens (tertiary/aromatic N) is 1. The van der Waals surface area contributed by atoms with E-state index >= 15 is 0 Å². The molecule has 0 saturated heterocycles. The molecule has 30 heavy (non-hydrogen) atoms. The Morgan fingerprint density at radius 2 is 1.67 bits per heavy atom. The second-order valence-corrected chi connectivity index (χ2v) is 8.17. The Hall–Kier alpha value is -3.71. The van der Waals surface area contributed by atoms with Crippen molar-refractivity contribution in [3.8, 4) is 5.75 Å². The zero-order valence-corrected chi connectivity index (χ0v) is 16.8. The van der Waals surface area contributed by atoms with Gasteiger partial charge >= 0.3 is 16.1 Å². The molecule has 0 amide bonds. The minimum atomic E-state index is -3.91. The van der Waals surface area contributed by atoms with Gasteiger partial charge in [-0.2, -0.15) is 8.42 Å². The molecule has 1 aliphatic heterocycles. The van der Waals surface area contributed by atoms with Gasteiger partial charge in [0.2, 0.25) is 5.90 Å². The van der Waals surface area contributed by atoms with Crippen molar-refractivity contribution in [2.75, 3.05) is 0 Å². The summed E-state index contributed by atoms with van der Waals surface area (Å²) in [7, 11) is -3.91. The smallest absolute Gasteiger partial charge is 0.363 e. The molecule has 0 atom stereocenters. The standard InChI is InChI=1S/C23H17NO5S/c1-16-6-5-7-18(14-16)22-24-21(23(25)28-22)15-17-10-12-19(13-11-17)29-30(26,27)20-8-3-2-4-9-20/h2-15H,1H3. The second-order valence-electron chi connectivity index (χ2n) is 6.63. The third-order valence-electron chi connectivity index (χ3n) is 4.31. The van der Waals surface area contributed by atoms with Gasteiger partial charge in [0.1, 0.15) is 10.6 Å². The molecule has 6 nitrogen and oxygen atoms in total. The number of rotatable bonds is 5. The van der Waals surface area contributed by atoms with E-state index in [0.29, 0.717) is 5.56 Å². The van der Waals surface area contributed by atoms with Crippen molar-refractivity contribution in [2.24, 2.45) is 4.99 Å². The van der Waals surface area contributed by atoms with Crippen molar-refractivity contribution in [2.45, 2.75) is 11.8 Å². The van der Waals surface area contributed by atoms with E-state index in [1.54, 1.807) is 36.4 Å². The number of hydrogen-bond donors (Lipinski definition) is 0. The first-order chi connectivity index (χ1) is 14.4. The molecule has 3 aromatic carbocycles. The Balaban J connectivity index is 1.53. The Morgan fingerprint density at radius 1 is 0.933 bits per heavy atom. The number of aliphatic imine (C=N–C) groups is 1. The van der Waals surface area contributed by atoms with E-state index in [0.717, 1.165) is 11.1 Å². The number of aryl methyl sites for hydroxylation is 1. The van der Waals surface area contributed by atoms with Crippen molar-refractivity contribution < 1.29 is 22.1 Å². The fraction of sp³-hybridized carbons (Fsp3) is 0.0435. The molecule has 1 heterocycles. The third-order valence-corrected chi connectivity index (χ3v) is 5.57. The maximum Gasteiger partial charge on any atom is 0.363 e. The first-order valence-corrected chi connectivity index (χ1v) is 10.5. The van der Waals surface area contributed by atoms with Crippen molar-refractivity contribution in [3.63, 3.8) is 0 Å². The van der Waals surface area contributed by atoms with Crippen LogP contribution in [0, 0.1) is 6.92 Å². The van der Waals surface area contributed by atoms with Gasteiger partial charge in [-0.25, -0.2) is 9.79 Å². The van der Waals surface area contributed by atoms with Gasteiger partial charge in [-0.15, -0.1) is 0 Å². The van der Waals surface area contributed by atoms with Gasteiger partial charge in [-0.3, -0.25) is 0 Å². The summed E-state index contributed by atoms with van der Waals surface area (Å²) in [6, 6.07) is 21.7. The summed E-state index contributed by atoms with van der Waals surface area (Å²) in [5.74, 6) is -0.124. The van der Waals surface area contributed by atoms with Gasteiger partial charge < -0.3 is 8.92 Å². The number of benzene rings is 3. The average Bonchev–Trinajstić information content (AvgIpc) is 3.10. The van der Waals surface area contributed by atoms with Crippen LogP contribution in [0.3, 0.4) is 0 Å². The lowest BCUT2D eigenvalue weighted by Crippen LogP contribution is -2.09. The van der Waals surface area contributed by atoms with Gasteiger partial charge in [0.05, 0.1) is 0 Å². The molecule has 1 aliphatic rings.